The molecule has 0 saturated carbocycles. The number of ether oxygens (including phenoxy) is 3. The summed E-state index contributed by atoms with van der Waals surface area (Å²) in [5.74, 6) is 0.473. The van der Waals surface area contributed by atoms with Crippen LogP contribution >= 0.6 is 0 Å². The predicted molar refractivity (Wildman–Crippen MR) is 71.2 cm³/mol. The molecule has 19 heavy (non-hydrogen) atoms. The van der Waals surface area contributed by atoms with Gasteiger partial charge in [-0.2, -0.15) is 15.0 Å². The Labute approximate surface area is 112 Å². The van der Waals surface area contributed by atoms with Gasteiger partial charge in [-0.1, -0.05) is 6.92 Å². The van der Waals surface area contributed by atoms with E-state index in [1.165, 1.54) is 0 Å². The first-order valence-electron chi connectivity index (χ1n) is 6.09. The molecule has 1 aromatic rings. The van der Waals surface area contributed by atoms with Gasteiger partial charge in [0, 0.05) is 20.8 Å². The van der Waals surface area contributed by atoms with Gasteiger partial charge in [-0.05, 0) is 6.42 Å². The second-order valence-corrected chi connectivity index (χ2v) is 3.84. The van der Waals surface area contributed by atoms with E-state index in [-0.39, 0.29) is 18.1 Å². The molecule has 8 heteroatoms. The lowest BCUT2D eigenvalue weighted by molar-refractivity contribution is 0.0364. The normalized spacial score (nSPS) is 12.2. The van der Waals surface area contributed by atoms with Crippen LogP contribution in [0.4, 0.5) is 11.9 Å². The van der Waals surface area contributed by atoms with Gasteiger partial charge in [0.15, 0.2) is 0 Å². The fraction of sp³-hybridized carbons (Fsp3) is 0.727. The molecule has 0 saturated heterocycles. The summed E-state index contributed by atoms with van der Waals surface area (Å²) < 4.78 is 15.6. The summed E-state index contributed by atoms with van der Waals surface area (Å²) in [6.07, 6.45) is 0.775. The fourth-order valence-corrected chi connectivity index (χ4v) is 1.31. The van der Waals surface area contributed by atoms with E-state index < -0.39 is 0 Å². The van der Waals surface area contributed by atoms with Gasteiger partial charge in [0.05, 0.1) is 19.3 Å². The number of hydrogen-bond donors (Lipinski definition) is 2. The number of nitrogens with two attached hydrogens (primary N) is 1. The van der Waals surface area contributed by atoms with Gasteiger partial charge in [0.2, 0.25) is 11.9 Å². The van der Waals surface area contributed by atoms with E-state index in [0.29, 0.717) is 25.7 Å². The number of nitrogens with zero attached hydrogens (tertiary/aromatic N) is 3. The number of nitrogen functional groups attached to an aromatic ring is 1. The van der Waals surface area contributed by atoms with Crippen LogP contribution in [0.2, 0.25) is 0 Å². The SMILES string of the molecule is CCCOc1nc(N)nc(NCC(COC)OC)n1. The number of anilines is 2. The largest absolute Gasteiger partial charge is 0.463 e. The summed E-state index contributed by atoms with van der Waals surface area (Å²) in [6.45, 7) is 3.51. The summed E-state index contributed by atoms with van der Waals surface area (Å²) in [6, 6.07) is 0.220. The zero-order chi connectivity index (χ0) is 14.1. The van der Waals surface area contributed by atoms with Gasteiger partial charge in [-0.25, -0.2) is 0 Å². The van der Waals surface area contributed by atoms with E-state index in [9.17, 15) is 0 Å². The van der Waals surface area contributed by atoms with Crippen molar-refractivity contribution in [2.75, 3.05) is 45.0 Å². The fourth-order valence-electron chi connectivity index (χ4n) is 1.31. The summed E-state index contributed by atoms with van der Waals surface area (Å²) in [4.78, 5) is 12.0. The Morgan fingerprint density at radius 3 is 2.68 bits per heavy atom. The molecule has 1 heterocycles. The minimum atomic E-state index is -0.0944. The highest BCUT2D eigenvalue weighted by molar-refractivity contribution is 5.32. The van der Waals surface area contributed by atoms with Crippen molar-refractivity contribution in [3.63, 3.8) is 0 Å². The molecule has 0 aromatic carbocycles. The van der Waals surface area contributed by atoms with E-state index in [1.807, 2.05) is 6.92 Å². The average Bonchev–Trinajstić information content (AvgIpc) is 2.40. The van der Waals surface area contributed by atoms with E-state index in [1.54, 1.807) is 14.2 Å². The molecule has 0 radical (unpaired) electrons. The molecule has 0 aliphatic rings. The van der Waals surface area contributed by atoms with Crippen LogP contribution < -0.4 is 15.8 Å². The van der Waals surface area contributed by atoms with Gasteiger partial charge in [-0.3, -0.25) is 0 Å². The lowest BCUT2D eigenvalue weighted by Crippen LogP contribution is -2.27. The zero-order valence-electron chi connectivity index (χ0n) is 11.5. The Balaban J connectivity index is 2.59. The maximum absolute atomic E-state index is 5.59. The second-order valence-electron chi connectivity index (χ2n) is 3.84. The number of rotatable bonds is 9. The number of methoxy groups -OCH3 is 2. The highest BCUT2D eigenvalue weighted by Crippen LogP contribution is 2.09. The first kappa shape index (κ1) is 15.4. The quantitative estimate of drug-likeness (QED) is 0.661. The van der Waals surface area contributed by atoms with Gasteiger partial charge in [0.1, 0.15) is 0 Å². The molecule has 8 nitrogen and oxygen atoms in total. The van der Waals surface area contributed by atoms with Crippen LogP contribution in [0.1, 0.15) is 13.3 Å². The summed E-state index contributed by atoms with van der Waals surface area (Å²) in [5, 5.41) is 3.01. The summed E-state index contributed by atoms with van der Waals surface area (Å²) in [7, 11) is 3.23. The first-order chi connectivity index (χ1) is 9.19. The van der Waals surface area contributed by atoms with E-state index in [2.05, 4.69) is 20.3 Å². The lowest BCUT2D eigenvalue weighted by Gasteiger charge is -2.15. The van der Waals surface area contributed by atoms with Gasteiger partial charge in [0.25, 0.3) is 0 Å². The van der Waals surface area contributed by atoms with Crippen LogP contribution in [0.3, 0.4) is 0 Å². The molecule has 0 amide bonds. The van der Waals surface area contributed by atoms with E-state index in [4.69, 9.17) is 19.9 Å². The number of nitrogens with one attached hydrogen (secondary N) is 1. The lowest BCUT2D eigenvalue weighted by atomic mass is 10.4. The van der Waals surface area contributed by atoms with Crippen LogP contribution in [0.5, 0.6) is 6.01 Å². The van der Waals surface area contributed by atoms with Crippen molar-refractivity contribution >= 4 is 11.9 Å². The van der Waals surface area contributed by atoms with Crippen molar-refractivity contribution in [2.24, 2.45) is 0 Å². The Morgan fingerprint density at radius 2 is 2.05 bits per heavy atom. The van der Waals surface area contributed by atoms with Crippen molar-refractivity contribution < 1.29 is 14.2 Å². The molecule has 0 spiro atoms. The standard InChI is InChI=1S/C11H21N5O3/c1-4-5-19-11-15-9(12)14-10(16-11)13-6-8(18-3)7-17-2/h8H,4-7H2,1-3H3,(H3,12,13,14,15,16). The minimum Gasteiger partial charge on any atom is -0.463 e. The maximum Gasteiger partial charge on any atom is 0.323 e. The third-order valence-electron chi connectivity index (χ3n) is 2.24. The average molecular weight is 271 g/mol. The van der Waals surface area contributed by atoms with Gasteiger partial charge >= 0.3 is 6.01 Å². The van der Waals surface area contributed by atoms with Crippen molar-refractivity contribution in [1.82, 2.24) is 15.0 Å². The zero-order valence-corrected chi connectivity index (χ0v) is 11.5. The molecule has 3 N–H and O–H groups in total. The molecule has 1 aromatic heterocycles. The van der Waals surface area contributed by atoms with Gasteiger partial charge in [-0.15, -0.1) is 0 Å². The van der Waals surface area contributed by atoms with E-state index >= 15 is 0 Å². The predicted octanol–water partition coefficient (Wildman–Crippen LogP) is 0.316. The molecule has 1 atom stereocenters. The van der Waals surface area contributed by atoms with Crippen molar-refractivity contribution in [2.45, 2.75) is 19.4 Å². The molecule has 0 aliphatic heterocycles. The summed E-state index contributed by atoms with van der Waals surface area (Å²) in [5.41, 5.74) is 5.59. The molecular formula is C11H21N5O3. The Kier molecular flexibility index (Phi) is 6.83. The van der Waals surface area contributed by atoms with E-state index in [0.717, 1.165) is 6.42 Å². The Hall–Kier alpha value is -1.67. The Morgan fingerprint density at radius 1 is 1.26 bits per heavy atom. The van der Waals surface area contributed by atoms with Crippen LogP contribution in [-0.2, 0) is 9.47 Å². The van der Waals surface area contributed by atoms with Crippen LogP contribution in [-0.4, -0.2) is 55.0 Å². The molecule has 1 rings (SSSR count). The van der Waals surface area contributed by atoms with Crippen molar-refractivity contribution in [3.8, 4) is 6.01 Å². The third kappa shape index (κ3) is 5.66. The van der Waals surface area contributed by atoms with Crippen LogP contribution in [0.15, 0.2) is 0 Å². The van der Waals surface area contributed by atoms with Crippen molar-refractivity contribution in [1.29, 1.82) is 0 Å². The molecule has 0 bridgehead atoms. The topological polar surface area (TPSA) is 104 Å². The van der Waals surface area contributed by atoms with Gasteiger partial charge < -0.3 is 25.3 Å². The summed E-state index contributed by atoms with van der Waals surface area (Å²) >= 11 is 0. The monoisotopic (exact) mass is 271 g/mol. The second kappa shape index (κ2) is 8.44. The molecule has 0 fully saturated rings. The molecule has 1 unspecified atom stereocenters. The molecule has 108 valence electrons. The molecular weight excluding hydrogens is 250 g/mol. The minimum absolute atomic E-state index is 0.0944. The number of hydrogen-bond acceptors (Lipinski definition) is 8. The highest BCUT2D eigenvalue weighted by Gasteiger charge is 2.09. The smallest absolute Gasteiger partial charge is 0.323 e. The highest BCUT2D eigenvalue weighted by atomic mass is 16.5. The van der Waals surface area contributed by atoms with Crippen LogP contribution in [0, 0.1) is 0 Å². The van der Waals surface area contributed by atoms with Crippen molar-refractivity contribution in [3.05, 3.63) is 0 Å². The Bertz CT molecular complexity index is 377. The third-order valence-corrected chi connectivity index (χ3v) is 2.24. The number of aromatic nitrogens is 3. The maximum atomic E-state index is 5.59. The molecule has 0 aliphatic carbocycles. The van der Waals surface area contributed by atoms with Crippen LogP contribution in [0.25, 0.3) is 0 Å². The first-order valence-corrected chi connectivity index (χ1v) is 6.09.